The maximum Gasteiger partial charge on any atom is 0.455 e. The molecular weight excluding hydrogens is 569 g/mol. The normalized spacial score (nSPS) is 23.9. The van der Waals surface area contributed by atoms with Gasteiger partial charge in [0.15, 0.2) is 0 Å². The number of fused-ring (bicyclic) bond motifs is 3. The third-order valence-electron chi connectivity index (χ3n) is 9.60. The van der Waals surface area contributed by atoms with Gasteiger partial charge in [-0.2, -0.15) is 0 Å². The Labute approximate surface area is 264 Å². The summed E-state index contributed by atoms with van der Waals surface area (Å²) >= 11 is 1.55. The average Bonchev–Trinajstić information content (AvgIpc) is 3.60. The van der Waals surface area contributed by atoms with E-state index in [1.807, 2.05) is 61.7 Å². The molecule has 2 amide bonds. The molecule has 6 nitrogen and oxygen atoms in total. The molecule has 3 aliphatic rings. The van der Waals surface area contributed by atoms with Crippen LogP contribution in [0.3, 0.4) is 0 Å². The van der Waals surface area contributed by atoms with Gasteiger partial charge < -0.3 is 14.8 Å². The topological polar surface area (TPSA) is 87.1 Å². The summed E-state index contributed by atoms with van der Waals surface area (Å²) in [5.41, 5.74) is 7.23. The molecule has 8 heteroatoms. The standard InChI is InChI=1S/C36H40BNO5S/c1-21(2)28-18-29-33(36(41)38(35(29)40)20-27-11-8-14-44-27)30-19-37(42)43-31(32(28)30)13-12-26(25-9-6-5-7-10-25)17-24-15-22(3)34(39)23(4)16-24/h5-11,14-17,21,29-31,33,39,42H,12-13,18-20H2,1-4H3/b26-17-/t29-,30+,31-,33-/m1/s1. The average molecular weight is 610 g/mol. The molecule has 2 N–H and O–H groups in total. The highest BCUT2D eigenvalue weighted by Crippen LogP contribution is 2.52. The van der Waals surface area contributed by atoms with Crippen LogP contribution in [0.15, 0.2) is 71.1 Å². The number of carbonyl (C=O) groups is 2. The van der Waals surface area contributed by atoms with Crippen LogP contribution >= 0.6 is 11.3 Å². The molecule has 2 aliphatic heterocycles. The van der Waals surface area contributed by atoms with E-state index in [9.17, 15) is 19.7 Å². The first-order valence-corrected chi connectivity index (χ1v) is 16.5. The number of likely N-dealkylation sites (tertiary alicyclic amines) is 1. The summed E-state index contributed by atoms with van der Waals surface area (Å²) in [5.74, 6) is -0.774. The number of thiophene rings is 1. The summed E-state index contributed by atoms with van der Waals surface area (Å²) in [6.07, 6.45) is 4.02. The van der Waals surface area contributed by atoms with Gasteiger partial charge in [-0.1, -0.05) is 61.9 Å². The number of amides is 2. The van der Waals surface area contributed by atoms with E-state index in [1.165, 1.54) is 10.5 Å². The number of nitrogens with zero attached hydrogens (tertiary/aromatic N) is 1. The monoisotopic (exact) mass is 609 g/mol. The number of hydrogen-bond donors (Lipinski definition) is 2. The summed E-state index contributed by atoms with van der Waals surface area (Å²) in [6.45, 7) is 8.43. The molecule has 228 valence electrons. The molecule has 2 fully saturated rings. The van der Waals surface area contributed by atoms with Gasteiger partial charge in [0, 0.05) is 4.88 Å². The van der Waals surface area contributed by atoms with Crippen LogP contribution in [0.25, 0.3) is 11.6 Å². The largest absolute Gasteiger partial charge is 0.507 e. The van der Waals surface area contributed by atoms with Crippen LogP contribution < -0.4 is 0 Å². The zero-order chi connectivity index (χ0) is 31.1. The number of aryl methyl sites for hydroxylation is 2. The SMILES string of the molecule is Cc1cc(/C=C(/CC[C@H]2OB(O)C[C@H]3C2=C(C(C)C)C[C@H]2C(=O)N(Cc4cccs4)C(=O)[C@H]23)c2ccccc2)cc(C)c1O. The number of benzene rings is 2. The minimum atomic E-state index is -0.998. The zero-order valence-electron chi connectivity index (χ0n) is 25.8. The van der Waals surface area contributed by atoms with E-state index in [2.05, 4.69) is 32.1 Å². The van der Waals surface area contributed by atoms with Crippen molar-refractivity contribution in [3.05, 3.63) is 98.3 Å². The molecule has 0 bridgehead atoms. The Bertz CT molecular complexity index is 1590. The van der Waals surface area contributed by atoms with E-state index < -0.39 is 13.0 Å². The lowest BCUT2D eigenvalue weighted by Crippen LogP contribution is -2.46. The molecule has 0 unspecified atom stereocenters. The first kappa shape index (κ1) is 30.6. The van der Waals surface area contributed by atoms with Crippen LogP contribution in [0.1, 0.15) is 60.2 Å². The summed E-state index contributed by atoms with van der Waals surface area (Å²) in [5, 5.41) is 23.3. The first-order chi connectivity index (χ1) is 21.1. The van der Waals surface area contributed by atoms with E-state index in [4.69, 9.17) is 4.65 Å². The minimum Gasteiger partial charge on any atom is -0.507 e. The van der Waals surface area contributed by atoms with E-state index in [-0.39, 0.29) is 35.7 Å². The van der Waals surface area contributed by atoms with Crippen molar-refractivity contribution in [1.82, 2.24) is 4.90 Å². The van der Waals surface area contributed by atoms with Crippen molar-refractivity contribution in [3.8, 4) is 5.75 Å². The van der Waals surface area contributed by atoms with E-state index in [0.717, 1.165) is 38.3 Å². The highest BCUT2D eigenvalue weighted by atomic mass is 32.1. The number of carbonyl (C=O) groups excluding carboxylic acids is 2. The number of allylic oxidation sites excluding steroid dienone is 2. The second-order valence-corrected chi connectivity index (χ2v) is 13.8. The predicted molar refractivity (Wildman–Crippen MR) is 176 cm³/mol. The Hall–Kier alpha value is -3.46. The Morgan fingerprint density at radius 1 is 1.07 bits per heavy atom. The van der Waals surface area contributed by atoms with Gasteiger partial charge in [-0.15, -0.1) is 11.3 Å². The number of rotatable bonds is 8. The lowest BCUT2D eigenvalue weighted by Gasteiger charge is -2.44. The predicted octanol–water partition coefficient (Wildman–Crippen LogP) is 7.04. The molecule has 6 rings (SSSR count). The molecule has 44 heavy (non-hydrogen) atoms. The van der Waals surface area contributed by atoms with Crippen LogP contribution in [0.4, 0.5) is 0 Å². The van der Waals surface area contributed by atoms with Crippen molar-refractivity contribution in [2.45, 2.75) is 65.9 Å². The molecule has 0 saturated carbocycles. The third kappa shape index (κ3) is 5.83. The van der Waals surface area contributed by atoms with Crippen LogP contribution in [0.5, 0.6) is 5.75 Å². The van der Waals surface area contributed by atoms with Crippen LogP contribution in [-0.2, 0) is 20.8 Å². The van der Waals surface area contributed by atoms with Crippen LogP contribution in [0.2, 0.25) is 6.32 Å². The molecule has 4 atom stereocenters. The molecule has 2 aromatic carbocycles. The third-order valence-corrected chi connectivity index (χ3v) is 10.5. The van der Waals surface area contributed by atoms with Crippen LogP contribution in [-0.4, -0.2) is 40.1 Å². The first-order valence-electron chi connectivity index (χ1n) is 15.6. The minimum absolute atomic E-state index is 0.0862. The number of hydrogen-bond acceptors (Lipinski definition) is 6. The van der Waals surface area contributed by atoms with Gasteiger partial charge in [0.2, 0.25) is 11.8 Å². The highest BCUT2D eigenvalue weighted by molar-refractivity contribution is 7.09. The number of aromatic hydroxyl groups is 1. The summed E-state index contributed by atoms with van der Waals surface area (Å²) < 4.78 is 6.28. The van der Waals surface area contributed by atoms with Gasteiger partial charge in [-0.3, -0.25) is 14.5 Å². The number of phenolic OH excluding ortho intramolecular Hbond substituents is 1. The van der Waals surface area contributed by atoms with E-state index in [1.54, 1.807) is 11.3 Å². The smallest absolute Gasteiger partial charge is 0.455 e. The summed E-state index contributed by atoms with van der Waals surface area (Å²) in [4.78, 5) is 30.0. The van der Waals surface area contributed by atoms with Crippen molar-refractivity contribution in [2.75, 3.05) is 0 Å². The molecule has 2 saturated heterocycles. The summed E-state index contributed by atoms with van der Waals surface area (Å²) in [6, 6.07) is 18.1. The van der Waals surface area contributed by atoms with Crippen molar-refractivity contribution >= 4 is 41.9 Å². The lowest BCUT2D eigenvalue weighted by atomic mass is 9.57. The van der Waals surface area contributed by atoms with Crippen molar-refractivity contribution in [2.24, 2.45) is 23.7 Å². The van der Waals surface area contributed by atoms with E-state index >= 15 is 0 Å². The maximum absolute atomic E-state index is 13.9. The van der Waals surface area contributed by atoms with Gasteiger partial charge in [0.05, 0.1) is 24.5 Å². The molecule has 3 heterocycles. The van der Waals surface area contributed by atoms with E-state index in [0.29, 0.717) is 37.9 Å². The van der Waals surface area contributed by atoms with Gasteiger partial charge in [0.25, 0.3) is 0 Å². The van der Waals surface area contributed by atoms with Gasteiger partial charge in [-0.05, 0) is 108 Å². The van der Waals surface area contributed by atoms with Crippen molar-refractivity contribution in [3.63, 3.8) is 0 Å². The second-order valence-electron chi connectivity index (χ2n) is 12.8. The number of imide groups is 1. The second kappa shape index (κ2) is 12.5. The van der Waals surface area contributed by atoms with Crippen molar-refractivity contribution < 1.29 is 24.4 Å². The quantitative estimate of drug-likeness (QED) is 0.124. The highest BCUT2D eigenvalue weighted by Gasteiger charge is 2.57. The van der Waals surface area contributed by atoms with Gasteiger partial charge in [0.1, 0.15) is 5.75 Å². The van der Waals surface area contributed by atoms with Crippen LogP contribution in [0, 0.1) is 37.5 Å². The molecule has 1 aromatic heterocycles. The molecule has 1 aliphatic carbocycles. The Balaban J connectivity index is 1.32. The Morgan fingerprint density at radius 3 is 2.45 bits per heavy atom. The lowest BCUT2D eigenvalue weighted by molar-refractivity contribution is -0.140. The fourth-order valence-corrected chi connectivity index (χ4v) is 8.23. The maximum atomic E-state index is 13.9. The Kier molecular flexibility index (Phi) is 8.69. The molecule has 0 spiro atoms. The fourth-order valence-electron chi connectivity index (χ4n) is 7.54. The zero-order valence-corrected chi connectivity index (χ0v) is 26.6. The molecular formula is C36H40BNO5S. The Morgan fingerprint density at radius 2 is 1.80 bits per heavy atom. The van der Waals surface area contributed by atoms with Gasteiger partial charge >= 0.3 is 7.12 Å². The van der Waals surface area contributed by atoms with Crippen molar-refractivity contribution in [1.29, 1.82) is 0 Å². The fraction of sp³-hybridized carbons (Fsp3) is 0.389. The van der Waals surface area contributed by atoms with Gasteiger partial charge in [-0.25, -0.2) is 0 Å². The molecule has 0 radical (unpaired) electrons. The molecule has 3 aromatic rings. The number of phenols is 1. The summed E-state index contributed by atoms with van der Waals surface area (Å²) in [7, 11) is -0.998.